The number of carbonyl (C=O) groups is 1. The molecule has 0 spiro atoms. The molecule has 24 heavy (non-hydrogen) atoms. The number of amides is 1. The molecule has 0 radical (unpaired) electrons. The van der Waals surface area contributed by atoms with E-state index in [4.69, 9.17) is 5.14 Å². The first kappa shape index (κ1) is 18.4. The second kappa shape index (κ2) is 7.33. The summed E-state index contributed by atoms with van der Waals surface area (Å²) in [7, 11) is -3.78. The van der Waals surface area contributed by atoms with Gasteiger partial charge in [0.1, 0.15) is 4.21 Å². The summed E-state index contributed by atoms with van der Waals surface area (Å²) < 4.78 is 22.5. The Morgan fingerprint density at radius 3 is 2.38 bits per heavy atom. The maximum absolute atomic E-state index is 12.2. The van der Waals surface area contributed by atoms with E-state index in [0.717, 1.165) is 23.6 Å². The fourth-order valence-corrected chi connectivity index (χ4v) is 3.96. The summed E-state index contributed by atoms with van der Waals surface area (Å²) in [6, 6.07) is 9.21. The normalized spacial score (nSPS) is 11.5. The molecule has 1 amide bonds. The topological polar surface area (TPSA) is 92.5 Å². The minimum absolute atomic E-state index is 0.0291. The lowest BCUT2D eigenvalue weighted by Crippen LogP contribution is -2.30. The van der Waals surface area contributed by atoms with Gasteiger partial charge in [-0.15, -0.1) is 11.3 Å². The zero-order valence-corrected chi connectivity index (χ0v) is 15.4. The number of anilines is 2. The SMILES string of the molecule is CCN(c1ccc(NC(=O)c2csc(S(N)(=O)=O)c2)cc1)C(C)C. The average molecular weight is 367 g/mol. The molecule has 0 atom stereocenters. The zero-order valence-electron chi connectivity index (χ0n) is 13.8. The molecule has 6 nitrogen and oxygen atoms in total. The molecule has 130 valence electrons. The van der Waals surface area contributed by atoms with Crippen molar-refractivity contribution in [1.82, 2.24) is 0 Å². The van der Waals surface area contributed by atoms with Crippen LogP contribution < -0.4 is 15.4 Å². The predicted octanol–water partition coefficient (Wildman–Crippen LogP) is 2.88. The van der Waals surface area contributed by atoms with Crippen molar-refractivity contribution in [3.8, 4) is 0 Å². The van der Waals surface area contributed by atoms with Crippen LogP contribution in [-0.4, -0.2) is 26.9 Å². The van der Waals surface area contributed by atoms with E-state index in [0.29, 0.717) is 11.7 Å². The first-order valence-corrected chi connectivity index (χ1v) is 9.94. The van der Waals surface area contributed by atoms with Gasteiger partial charge >= 0.3 is 0 Å². The van der Waals surface area contributed by atoms with Crippen LogP contribution in [0, 0.1) is 0 Å². The van der Waals surface area contributed by atoms with Crippen molar-refractivity contribution < 1.29 is 13.2 Å². The monoisotopic (exact) mass is 367 g/mol. The van der Waals surface area contributed by atoms with Gasteiger partial charge in [-0.2, -0.15) is 0 Å². The Labute approximate surface area is 146 Å². The van der Waals surface area contributed by atoms with Crippen LogP contribution in [0.15, 0.2) is 39.9 Å². The van der Waals surface area contributed by atoms with E-state index in [9.17, 15) is 13.2 Å². The highest BCUT2D eigenvalue weighted by atomic mass is 32.2. The lowest BCUT2D eigenvalue weighted by Gasteiger charge is -2.27. The number of nitrogens with one attached hydrogen (secondary N) is 1. The molecule has 8 heteroatoms. The second-order valence-electron chi connectivity index (χ2n) is 5.58. The van der Waals surface area contributed by atoms with Crippen molar-refractivity contribution in [1.29, 1.82) is 0 Å². The minimum Gasteiger partial charge on any atom is -0.369 e. The first-order chi connectivity index (χ1) is 11.2. The van der Waals surface area contributed by atoms with Gasteiger partial charge in [0, 0.05) is 29.3 Å². The van der Waals surface area contributed by atoms with Gasteiger partial charge in [-0.25, -0.2) is 13.6 Å². The standard InChI is InChI=1S/C16H21N3O3S2/c1-4-19(11(2)3)14-7-5-13(6-8-14)18-16(20)12-9-15(23-10-12)24(17,21)22/h5-11H,4H2,1-3H3,(H,18,20)(H2,17,21,22). The van der Waals surface area contributed by atoms with E-state index in [-0.39, 0.29) is 15.7 Å². The smallest absolute Gasteiger partial charge is 0.256 e. The van der Waals surface area contributed by atoms with Crippen molar-refractivity contribution in [2.24, 2.45) is 5.14 Å². The van der Waals surface area contributed by atoms with E-state index in [1.165, 1.54) is 11.4 Å². The Bertz CT molecular complexity index is 811. The van der Waals surface area contributed by atoms with Crippen molar-refractivity contribution in [2.75, 3.05) is 16.8 Å². The third-order valence-corrected chi connectivity index (χ3v) is 5.93. The molecule has 0 aliphatic carbocycles. The molecule has 1 aromatic carbocycles. The van der Waals surface area contributed by atoms with E-state index in [1.54, 1.807) is 0 Å². The summed E-state index contributed by atoms with van der Waals surface area (Å²) in [6.45, 7) is 7.24. The van der Waals surface area contributed by atoms with E-state index < -0.39 is 10.0 Å². The Morgan fingerprint density at radius 1 is 1.29 bits per heavy atom. The van der Waals surface area contributed by atoms with E-state index in [2.05, 4.69) is 31.0 Å². The Kier molecular flexibility index (Phi) is 5.63. The van der Waals surface area contributed by atoms with Crippen molar-refractivity contribution in [3.05, 3.63) is 41.3 Å². The van der Waals surface area contributed by atoms with Crippen molar-refractivity contribution in [2.45, 2.75) is 31.0 Å². The Balaban J connectivity index is 2.11. The van der Waals surface area contributed by atoms with Crippen LogP contribution >= 0.6 is 11.3 Å². The number of thiophene rings is 1. The van der Waals surface area contributed by atoms with Gasteiger partial charge in [-0.3, -0.25) is 4.79 Å². The molecule has 2 rings (SSSR count). The summed E-state index contributed by atoms with van der Waals surface area (Å²) in [6.07, 6.45) is 0. The fourth-order valence-electron chi connectivity index (χ4n) is 2.37. The van der Waals surface area contributed by atoms with Crippen LogP contribution in [0.3, 0.4) is 0 Å². The number of nitrogens with zero attached hydrogens (tertiary/aromatic N) is 1. The molecule has 0 aliphatic heterocycles. The van der Waals surface area contributed by atoms with Gasteiger partial charge in [-0.1, -0.05) is 0 Å². The predicted molar refractivity (Wildman–Crippen MR) is 98.2 cm³/mol. The second-order valence-corrected chi connectivity index (χ2v) is 8.28. The van der Waals surface area contributed by atoms with Gasteiger partial charge in [0.05, 0.1) is 5.56 Å². The van der Waals surface area contributed by atoms with Gasteiger partial charge in [0.25, 0.3) is 5.91 Å². The molecule has 0 fully saturated rings. The summed E-state index contributed by atoms with van der Waals surface area (Å²) in [5.41, 5.74) is 2.00. The van der Waals surface area contributed by atoms with Crippen LogP contribution in [0.25, 0.3) is 0 Å². The number of rotatable bonds is 6. The van der Waals surface area contributed by atoms with Crippen LogP contribution in [0.4, 0.5) is 11.4 Å². The molecular weight excluding hydrogens is 346 g/mol. The molecule has 0 saturated heterocycles. The maximum atomic E-state index is 12.2. The molecule has 1 aromatic heterocycles. The van der Waals surface area contributed by atoms with Crippen LogP contribution in [0.2, 0.25) is 0 Å². The van der Waals surface area contributed by atoms with Crippen LogP contribution in [-0.2, 0) is 10.0 Å². The highest BCUT2D eigenvalue weighted by molar-refractivity contribution is 7.91. The van der Waals surface area contributed by atoms with Gasteiger partial charge < -0.3 is 10.2 Å². The summed E-state index contributed by atoms with van der Waals surface area (Å²) in [4.78, 5) is 14.4. The molecule has 3 N–H and O–H groups in total. The van der Waals surface area contributed by atoms with Gasteiger partial charge in [-0.05, 0) is 51.1 Å². The van der Waals surface area contributed by atoms with Gasteiger partial charge in [0.2, 0.25) is 10.0 Å². The quantitative estimate of drug-likeness (QED) is 0.821. The van der Waals surface area contributed by atoms with Gasteiger partial charge in [0.15, 0.2) is 0 Å². The first-order valence-electron chi connectivity index (χ1n) is 7.51. The fraction of sp³-hybridized carbons (Fsp3) is 0.312. The number of carbonyl (C=O) groups excluding carboxylic acids is 1. The van der Waals surface area contributed by atoms with Crippen molar-refractivity contribution in [3.63, 3.8) is 0 Å². The molecule has 0 unspecified atom stereocenters. The molecule has 1 heterocycles. The minimum atomic E-state index is -3.78. The Hall–Kier alpha value is -1.90. The molecule has 0 bridgehead atoms. The highest BCUT2D eigenvalue weighted by Crippen LogP contribution is 2.22. The molecular formula is C16H21N3O3S2. The number of benzene rings is 1. The number of nitrogens with two attached hydrogens (primary N) is 1. The number of sulfonamides is 1. The summed E-state index contributed by atoms with van der Waals surface area (Å²) in [5, 5.41) is 9.27. The van der Waals surface area contributed by atoms with Crippen LogP contribution in [0.1, 0.15) is 31.1 Å². The number of hydrogen-bond donors (Lipinski definition) is 2. The number of hydrogen-bond acceptors (Lipinski definition) is 5. The average Bonchev–Trinajstić information content (AvgIpc) is 2.99. The number of primary sulfonamides is 1. The zero-order chi connectivity index (χ0) is 17.9. The van der Waals surface area contributed by atoms with Crippen molar-refractivity contribution >= 4 is 38.6 Å². The molecule has 2 aromatic rings. The lowest BCUT2D eigenvalue weighted by molar-refractivity contribution is 0.102. The summed E-state index contributed by atoms with van der Waals surface area (Å²) >= 11 is 0.927. The molecule has 0 aliphatic rings. The largest absolute Gasteiger partial charge is 0.369 e. The van der Waals surface area contributed by atoms with E-state index in [1.807, 2.05) is 24.3 Å². The maximum Gasteiger partial charge on any atom is 0.256 e. The highest BCUT2D eigenvalue weighted by Gasteiger charge is 2.15. The Morgan fingerprint density at radius 2 is 1.92 bits per heavy atom. The van der Waals surface area contributed by atoms with E-state index >= 15 is 0 Å². The summed E-state index contributed by atoms with van der Waals surface area (Å²) in [5.74, 6) is -0.370. The molecule has 0 saturated carbocycles. The third kappa shape index (κ3) is 4.34. The lowest BCUT2D eigenvalue weighted by atomic mass is 10.2. The third-order valence-electron chi connectivity index (χ3n) is 3.54. The van der Waals surface area contributed by atoms with Crippen LogP contribution in [0.5, 0.6) is 0 Å².